The molecule has 2 fully saturated rings. The van der Waals surface area contributed by atoms with Gasteiger partial charge in [-0.05, 0) is 67.8 Å². The Hall–Kier alpha value is -4.65. The molecular weight excluding hydrogens is 771 g/mol. The summed E-state index contributed by atoms with van der Waals surface area (Å²) in [5.74, 6) is -0.380. The Labute approximate surface area is 359 Å². The summed E-state index contributed by atoms with van der Waals surface area (Å²) >= 11 is 0. The van der Waals surface area contributed by atoms with E-state index < -0.39 is 40.0 Å². The van der Waals surface area contributed by atoms with Gasteiger partial charge in [0.15, 0.2) is 0 Å². The third-order valence-corrected chi connectivity index (χ3v) is 15.7. The summed E-state index contributed by atoms with van der Waals surface area (Å²) in [4.78, 5) is 52.9. The van der Waals surface area contributed by atoms with E-state index in [2.05, 4.69) is 87.4 Å². The number of esters is 2. The lowest BCUT2D eigenvalue weighted by molar-refractivity contribution is -0.217. The molecule has 5 aliphatic heterocycles. The number of aromatic nitrogens is 1. The van der Waals surface area contributed by atoms with Crippen LogP contribution in [0.15, 0.2) is 60.2 Å². The van der Waals surface area contributed by atoms with Crippen LogP contribution < -0.4 is 15.0 Å². The first-order chi connectivity index (χ1) is 29.4. The lowest BCUT2D eigenvalue weighted by Crippen LogP contribution is -2.81. The van der Waals surface area contributed by atoms with Crippen LogP contribution in [0.4, 0.5) is 5.69 Å². The molecule has 1 unspecified atom stereocenters. The summed E-state index contributed by atoms with van der Waals surface area (Å²) in [5.41, 5.74) is 2.31. The number of nitrogens with zero attached hydrogens (tertiary/aromatic N) is 3. The highest BCUT2D eigenvalue weighted by Gasteiger charge is 2.78. The van der Waals surface area contributed by atoms with Crippen LogP contribution in [0.3, 0.4) is 0 Å². The second-order valence-corrected chi connectivity index (χ2v) is 18.7. The fraction of sp³-hybridized carbons (Fsp3) is 0.571. The number of methoxy groups -OCH3 is 2. The van der Waals surface area contributed by atoms with Crippen molar-refractivity contribution in [1.29, 1.82) is 0 Å². The Bertz CT molecular complexity index is 2320. The highest BCUT2D eigenvalue weighted by molar-refractivity contribution is 5.94. The molecule has 3 aromatic rings. The third-order valence-electron chi connectivity index (χ3n) is 15.7. The molecule has 9 rings (SSSR count). The molecule has 12 nitrogen and oxygen atoms in total. The minimum atomic E-state index is -1.73. The van der Waals surface area contributed by atoms with Gasteiger partial charge in [0.05, 0.1) is 26.8 Å². The molecule has 1 aliphatic carbocycles. The topological polar surface area (TPSA) is 137 Å². The average molecular weight is 834 g/mol. The van der Waals surface area contributed by atoms with E-state index >= 15 is 4.79 Å². The summed E-state index contributed by atoms with van der Waals surface area (Å²) in [7, 11) is 5.15. The molecule has 3 N–H and O–H groups in total. The fourth-order valence-electron chi connectivity index (χ4n) is 13.5. The van der Waals surface area contributed by atoms with E-state index in [1.165, 1.54) is 19.6 Å². The van der Waals surface area contributed by atoms with Crippen molar-refractivity contribution in [2.45, 2.75) is 114 Å². The lowest BCUT2D eigenvalue weighted by Gasteiger charge is -2.64. The maximum absolute atomic E-state index is 15.3. The lowest BCUT2D eigenvalue weighted by atomic mass is 9.47. The number of benzene rings is 2. The molecule has 1 amide bonds. The molecule has 1 saturated carbocycles. The fourth-order valence-corrected chi connectivity index (χ4v) is 13.5. The van der Waals surface area contributed by atoms with Crippen LogP contribution in [-0.2, 0) is 41.2 Å². The van der Waals surface area contributed by atoms with E-state index in [1.54, 1.807) is 7.11 Å². The summed E-state index contributed by atoms with van der Waals surface area (Å²) < 4.78 is 18.8. The van der Waals surface area contributed by atoms with E-state index in [0.717, 1.165) is 84.4 Å². The zero-order valence-corrected chi connectivity index (χ0v) is 36.9. The first-order valence-corrected chi connectivity index (χ1v) is 22.5. The Balaban J connectivity index is 1.32. The van der Waals surface area contributed by atoms with Gasteiger partial charge in [-0.3, -0.25) is 24.2 Å². The van der Waals surface area contributed by atoms with Gasteiger partial charge in [-0.15, -0.1) is 0 Å². The predicted molar refractivity (Wildman–Crippen MR) is 235 cm³/mol. The van der Waals surface area contributed by atoms with Crippen LogP contribution in [0.2, 0.25) is 0 Å². The number of para-hydroxylation sites is 1. The molecule has 1 aromatic heterocycles. The highest BCUT2D eigenvalue weighted by atomic mass is 16.6. The van der Waals surface area contributed by atoms with E-state index in [4.69, 9.17) is 14.2 Å². The number of nitrogens with one attached hydrogen (secondary N) is 2. The van der Waals surface area contributed by atoms with E-state index in [9.17, 15) is 14.7 Å². The molecular formula is C49H63N5O7. The SMILES string of the molecule is CCCCC(=O)NC[C@@]1(O)[C@H](OC(C)=O)[C@]2(CC)C=CCN3CC[C@@]4(c5cc([C@@]6(C(=O)OC)C[C@@H]7C=C(CC)CN(Cc8c6[nH]c6ccccc86)C7)c(OC)cc5N(C)[C@@H]14)[C@@H]32. The van der Waals surface area contributed by atoms with Crippen molar-refractivity contribution in [3.8, 4) is 5.75 Å². The van der Waals surface area contributed by atoms with Gasteiger partial charge in [0.2, 0.25) is 5.91 Å². The van der Waals surface area contributed by atoms with Crippen molar-refractivity contribution in [3.05, 3.63) is 82.6 Å². The molecule has 61 heavy (non-hydrogen) atoms. The zero-order chi connectivity index (χ0) is 43.1. The third kappa shape index (κ3) is 5.90. The number of anilines is 1. The molecule has 9 atom stereocenters. The summed E-state index contributed by atoms with van der Waals surface area (Å²) in [6.45, 7) is 11.5. The van der Waals surface area contributed by atoms with Crippen molar-refractivity contribution in [1.82, 2.24) is 20.1 Å². The van der Waals surface area contributed by atoms with Crippen LogP contribution in [0.5, 0.6) is 5.75 Å². The molecule has 12 heteroatoms. The molecule has 1 saturated heterocycles. The van der Waals surface area contributed by atoms with Gasteiger partial charge in [0, 0.05) is 97.4 Å². The van der Waals surface area contributed by atoms with Gasteiger partial charge < -0.3 is 34.5 Å². The number of H-pyrrole nitrogens is 1. The number of rotatable bonds is 11. The van der Waals surface area contributed by atoms with Gasteiger partial charge in [-0.2, -0.15) is 0 Å². The maximum atomic E-state index is 15.3. The van der Waals surface area contributed by atoms with Gasteiger partial charge >= 0.3 is 11.9 Å². The van der Waals surface area contributed by atoms with Gasteiger partial charge in [0.1, 0.15) is 22.9 Å². The number of carbonyl (C=O) groups is 3. The number of carbonyl (C=O) groups excluding carboxylic acids is 3. The molecule has 0 radical (unpaired) electrons. The minimum absolute atomic E-state index is 0.0488. The smallest absolute Gasteiger partial charge is 0.322 e. The van der Waals surface area contributed by atoms with Crippen LogP contribution in [0, 0.1) is 11.3 Å². The molecule has 6 aliphatic rings. The number of ether oxygens (including phenoxy) is 3. The van der Waals surface area contributed by atoms with Crippen molar-refractivity contribution in [2.24, 2.45) is 11.3 Å². The van der Waals surface area contributed by atoms with E-state index in [-0.39, 0.29) is 30.4 Å². The van der Waals surface area contributed by atoms with E-state index in [0.29, 0.717) is 38.0 Å². The zero-order valence-electron chi connectivity index (χ0n) is 36.9. The number of amides is 1. The monoisotopic (exact) mass is 833 g/mol. The maximum Gasteiger partial charge on any atom is 0.322 e. The van der Waals surface area contributed by atoms with Crippen molar-refractivity contribution in [3.63, 3.8) is 0 Å². The second kappa shape index (κ2) is 15.3. The molecule has 6 heterocycles. The van der Waals surface area contributed by atoms with Crippen LogP contribution in [0.25, 0.3) is 10.9 Å². The van der Waals surface area contributed by atoms with Gasteiger partial charge in [-0.1, -0.05) is 69.2 Å². The summed E-state index contributed by atoms with van der Waals surface area (Å²) in [6.07, 6.45) is 10.4. The molecule has 1 spiro atoms. The number of aliphatic hydroxyl groups is 1. The van der Waals surface area contributed by atoms with Gasteiger partial charge in [-0.25, -0.2) is 0 Å². The quantitative estimate of drug-likeness (QED) is 0.159. The van der Waals surface area contributed by atoms with Gasteiger partial charge in [0.25, 0.3) is 0 Å². The van der Waals surface area contributed by atoms with Crippen molar-refractivity contribution in [2.75, 3.05) is 58.9 Å². The molecule has 326 valence electrons. The first-order valence-electron chi connectivity index (χ1n) is 22.5. The van der Waals surface area contributed by atoms with E-state index in [1.807, 2.05) is 20.0 Å². The second-order valence-electron chi connectivity index (χ2n) is 18.7. The Kier molecular flexibility index (Phi) is 10.5. The predicted octanol–water partition coefficient (Wildman–Crippen LogP) is 5.89. The normalized spacial score (nSPS) is 33.4. The molecule has 2 bridgehead atoms. The first kappa shape index (κ1) is 41.7. The highest BCUT2D eigenvalue weighted by Crippen LogP contribution is 2.68. The number of fused-ring (bicyclic) bond motifs is 6. The van der Waals surface area contributed by atoms with Crippen LogP contribution in [-0.4, -0.2) is 116 Å². The minimum Gasteiger partial charge on any atom is -0.496 e. The Morgan fingerprint density at radius 2 is 1.85 bits per heavy atom. The number of likely N-dealkylation sites (N-methyl/N-ethyl adjacent to an activating group) is 1. The number of aromatic amines is 1. The summed E-state index contributed by atoms with van der Waals surface area (Å²) in [6, 6.07) is 11.8. The van der Waals surface area contributed by atoms with Crippen LogP contribution in [0.1, 0.15) is 95.0 Å². The van der Waals surface area contributed by atoms with Crippen molar-refractivity contribution >= 4 is 34.4 Å². The number of hydrogen-bond acceptors (Lipinski definition) is 10. The average Bonchev–Trinajstić information content (AvgIpc) is 3.91. The standard InChI is InChI=1S/C49H63N5O7/c1-8-11-17-40(56)50-29-49(58)43-47(19-21-54-20-14-18-46(10-3,42(47)54)44(49)61-30(4)55)35-23-36(39(59-6)24-38(35)52(43)5)48(45(57)60-7)25-32-22-31(9-2)26-53(27-32)28-34-33-15-12-13-16-37(33)51-41(34)48/h12-16,18,22-24,32,42-44,51,58H,8-11,17,19-21,25-29H2,1-7H3,(H,50,56)/t32-,42-,43+,44+,46+,47+,48-,49-/m0/s1. The Morgan fingerprint density at radius 3 is 2.57 bits per heavy atom. The summed E-state index contributed by atoms with van der Waals surface area (Å²) in [5, 5.41) is 18.0. The number of hydrogen-bond donors (Lipinski definition) is 3. The largest absolute Gasteiger partial charge is 0.496 e. The Morgan fingerprint density at radius 1 is 1.05 bits per heavy atom. The van der Waals surface area contributed by atoms with Crippen molar-refractivity contribution < 1.29 is 33.7 Å². The number of unbranched alkanes of at least 4 members (excludes halogenated alkanes) is 1. The van der Waals surface area contributed by atoms with Crippen LogP contribution >= 0.6 is 0 Å². The molecule has 2 aromatic carbocycles.